The summed E-state index contributed by atoms with van der Waals surface area (Å²) >= 11 is 0. The Hall–Kier alpha value is -1.23. The maximum Gasteiger partial charge on any atom is 0.225 e. The van der Waals surface area contributed by atoms with Crippen LogP contribution >= 0.6 is 0 Å². The molecule has 2 aliphatic rings. The second kappa shape index (κ2) is 2.88. The minimum absolute atomic E-state index is 0.334. The molecule has 1 aromatic rings. The minimum Gasteiger partial charge on any atom is -0.339 e. The molecule has 4 nitrogen and oxygen atoms in total. The Morgan fingerprint density at radius 2 is 2.20 bits per heavy atom. The highest BCUT2D eigenvalue weighted by Crippen LogP contribution is 2.35. The number of hydrogen-bond acceptors (Lipinski definition) is 4. The first-order valence-electron chi connectivity index (χ1n) is 5.13. The summed E-state index contributed by atoms with van der Waals surface area (Å²) in [6.07, 6.45) is 1.25. The largest absolute Gasteiger partial charge is 0.339 e. The summed E-state index contributed by atoms with van der Waals surface area (Å²) in [6, 6.07) is 0. The van der Waals surface area contributed by atoms with Crippen LogP contribution < -0.4 is 10.2 Å². The van der Waals surface area contributed by atoms with Gasteiger partial charge in [-0.1, -0.05) is 0 Å². The van der Waals surface area contributed by atoms with Crippen LogP contribution in [0.15, 0.2) is 6.20 Å². The topological polar surface area (TPSA) is 41.1 Å². The summed E-state index contributed by atoms with van der Waals surface area (Å²) in [5, 5.41) is 3.27. The van der Waals surface area contributed by atoms with Gasteiger partial charge in [0.05, 0.1) is 11.9 Å². The lowest BCUT2D eigenvalue weighted by atomic mass is 9.75. The molecule has 2 aliphatic heterocycles. The molecular formula is C10H13FN4. The lowest BCUT2D eigenvalue weighted by molar-refractivity contribution is 0.119. The highest BCUT2D eigenvalue weighted by molar-refractivity contribution is 5.38. The van der Waals surface area contributed by atoms with Crippen molar-refractivity contribution in [1.82, 2.24) is 15.3 Å². The molecule has 0 amide bonds. The quantitative estimate of drug-likeness (QED) is 0.722. The number of nitrogens with zero attached hydrogens (tertiary/aromatic N) is 3. The summed E-state index contributed by atoms with van der Waals surface area (Å²) < 4.78 is 13.0. The SMILES string of the molecule is Cc1nc(N2CC3(CNC3)C2)ncc1F. The molecule has 0 radical (unpaired) electrons. The third-order valence-corrected chi connectivity index (χ3v) is 3.24. The number of hydrogen-bond donors (Lipinski definition) is 1. The van der Waals surface area contributed by atoms with Crippen LogP contribution in [-0.4, -0.2) is 36.1 Å². The predicted molar refractivity (Wildman–Crippen MR) is 54.2 cm³/mol. The Kier molecular flexibility index (Phi) is 1.74. The fourth-order valence-corrected chi connectivity index (χ4v) is 2.20. The number of rotatable bonds is 1. The third kappa shape index (κ3) is 1.30. The molecule has 1 N–H and O–H groups in total. The van der Waals surface area contributed by atoms with Crippen LogP contribution in [0.3, 0.4) is 0 Å². The van der Waals surface area contributed by atoms with Crippen molar-refractivity contribution in [2.24, 2.45) is 5.41 Å². The molecule has 0 aliphatic carbocycles. The Bertz CT molecular complexity index is 394. The lowest BCUT2D eigenvalue weighted by Crippen LogP contribution is -2.71. The molecule has 2 saturated heterocycles. The van der Waals surface area contributed by atoms with Crippen molar-refractivity contribution in [1.29, 1.82) is 0 Å². The van der Waals surface area contributed by atoms with Gasteiger partial charge in [-0.3, -0.25) is 0 Å². The van der Waals surface area contributed by atoms with E-state index in [4.69, 9.17) is 0 Å². The molecule has 2 fully saturated rings. The van der Waals surface area contributed by atoms with E-state index in [0.717, 1.165) is 26.2 Å². The monoisotopic (exact) mass is 208 g/mol. The van der Waals surface area contributed by atoms with E-state index in [1.165, 1.54) is 6.20 Å². The molecule has 1 aromatic heterocycles. The zero-order chi connectivity index (χ0) is 10.5. The molecule has 0 bridgehead atoms. The molecule has 3 rings (SSSR count). The molecule has 3 heterocycles. The average molecular weight is 208 g/mol. The summed E-state index contributed by atoms with van der Waals surface area (Å²) in [6.45, 7) is 5.82. The van der Waals surface area contributed by atoms with E-state index in [0.29, 0.717) is 17.1 Å². The van der Waals surface area contributed by atoms with Crippen LogP contribution in [0, 0.1) is 18.2 Å². The number of aryl methyl sites for hydroxylation is 1. The molecule has 0 atom stereocenters. The number of anilines is 1. The Labute approximate surface area is 87.5 Å². The van der Waals surface area contributed by atoms with Crippen molar-refractivity contribution in [2.75, 3.05) is 31.1 Å². The molecular weight excluding hydrogens is 195 g/mol. The minimum atomic E-state index is -0.334. The fourth-order valence-electron chi connectivity index (χ4n) is 2.20. The van der Waals surface area contributed by atoms with E-state index in [-0.39, 0.29) is 5.82 Å². The van der Waals surface area contributed by atoms with Crippen molar-refractivity contribution < 1.29 is 4.39 Å². The van der Waals surface area contributed by atoms with Crippen molar-refractivity contribution >= 4 is 5.95 Å². The summed E-state index contributed by atoms with van der Waals surface area (Å²) in [5.74, 6) is 0.325. The Morgan fingerprint density at radius 3 is 2.73 bits per heavy atom. The van der Waals surface area contributed by atoms with Gasteiger partial charge in [-0.2, -0.15) is 0 Å². The van der Waals surface area contributed by atoms with Gasteiger partial charge in [-0.15, -0.1) is 0 Å². The van der Waals surface area contributed by atoms with Crippen LogP contribution in [0.25, 0.3) is 0 Å². The summed E-state index contributed by atoms with van der Waals surface area (Å²) in [7, 11) is 0. The average Bonchev–Trinajstić information content (AvgIpc) is 2.06. The van der Waals surface area contributed by atoms with E-state index >= 15 is 0 Å². The number of nitrogens with one attached hydrogen (secondary N) is 1. The predicted octanol–water partition coefficient (Wildman–Crippen LogP) is 0.334. The Morgan fingerprint density at radius 1 is 1.47 bits per heavy atom. The van der Waals surface area contributed by atoms with Crippen LogP contribution in [-0.2, 0) is 0 Å². The maximum atomic E-state index is 13.0. The standard InChI is InChI=1S/C10H13FN4/c1-7-8(11)2-13-9(14-7)15-5-10(6-15)3-12-4-10/h2,12H,3-6H2,1H3. The van der Waals surface area contributed by atoms with Crippen molar-refractivity contribution in [3.05, 3.63) is 17.7 Å². The molecule has 0 aromatic carbocycles. The normalized spacial score (nSPS) is 22.4. The maximum absolute atomic E-state index is 13.0. The molecule has 5 heteroatoms. The van der Waals surface area contributed by atoms with Crippen molar-refractivity contribution in [3.8, 4) is 0 Å². The lowest BCUT2D eigenvalue weighted by Gasteiger charge is -2.56. The van der Waals surface area contributed by atoms with Crippen LogP contribution in [0.2, 0.25) is 0 Å². The van der Waals surface area contributed by atoms with Gasteiger partial charge in [0.1, 0.15) is 0 Å². The third-order valence-electron chi connectivity index (χ3n) is 3.24. The summed E-state index contributed by atoms with van der Waals surface area (Å²) in [4.78, 5) is 10.2. The van der Waals surface area contributed by atoms with E-state index in [2.05, 4.69) is 20.2 Å². The number of aromatic nitrogens is 2. The van der Waals surface area contributed by atoms with Crippen molar-refractivity contribution in [2.45, 2.75) is 6.92 Å². The first-order chi connectivity index (χ1) is 7.19. The van der Waals surface area contributed by atoms with Gasteiger partial charge in [-0.25, -0.2) is 14.4 Å². The van der Waals surface area contributed by atoms with Gasteiger partial charge < -0.3 is 10.2 Å². The molecule has 80 valence electrons. The van der Waals surface area contributed by atoms with Gasteiger partial charge in [0.25, 0.3) is 0 Å². The van der Waals surface area contributed by atoms with E-state index in [1.54, 1.807) is 6.92 Å². The molecule has 0 saturated carbocycles. The highest BCUT2D eigenvalue weighted by atomic mass is 19.1. The second-order valence-electron chi connectivity index (χ2n) is 4.56. The summed E-state index contributed by atoms with van der Waals surface area (Å²) in [5.41, 5.74) is 0.874. The zero-order valence-corrected chi connectivity index (χ0v) is 8.63. The first-order valence-corrected chi connectivity index (χ1v) is 5.13. The molecule has 1 spiro atoms. The van der Waals surface area contributed by atoms with Gasteiger partial charge >= 0.3 is 0 Å². The number of halogens is 1. The van der Waals surface area contributed by atoms with Crippen LogP contribution in [0.4, 0.5) is 10.3 Å². The van der Waals surface area contributed by atoms with Crippen LogP contribution in [0.5, 0.6) is 0 Å². The Balaban J connectivity index is 1.75. The smallest absolute Gasteiger partial charge is 0.225 e. The van der Waals surface area contributed by atoms with Crippen LogP contribution in [0.1, 0.15) is 5.69 Å². The van der Waals surface area contributed by atoms with E-state index in [1.807, 2.05) is 0 Å². The molecule has 15 heavy (non-hydrogen) atoms. The first kappa shape index (κ1) is 9.03. The van der Waals surface area contributed by atoms with Gasteiger partial charge in [0.15, 0.2) is 5.82 Å². The fraction of sp³-hybridized carbons (Fsp3) is 0.600. The zero-order valence-electron chi connectivity index (χ0n) is 8.63. The van der Waals surface area contributed by atoms with Crippen molar-refractivity contribution in [3.63, 3.8) is 0 Å². The van der Waals surface area contributed by atoms with E-state index < -0.39 is 0 Å². The van der Waals surface area contributed by atoms with E-state index in [9.17, 15) is 4.39 Å². The molecule has 0 unspecified atom stereocenters. The van der Waals surface area contributed by atoms with Gasteiger partial charge in [-0.05, 0) is 6.92 Å². The van der Waals surface area contributed by atoms with Gasteiger partial charge in [0.2, 0.25) is 5.95 Å². The van der Waals surface area contributed by atoms with Gasteiger partial charge in [0, 0.05) is 31.6 Å². The second-order valence-corrected chi connectivity index (χ2v) is 4.56. The highest BCUT2D eigenvalue weighted by Gasteiger charge is 2.48.